The normalized spacial score (nSPS) is 17.4. The lowest BCUT2D eigenvalue weighted by Gasteiger charge is -2.23. The van der Waals surface area contributed by atoms with Gasteiger partial charge in [0, 0.05) is 35.8 Å². The molecule has 0 unspecified atom stereocenters. The Labute approximate surface area is 125 Å². The number of sulfonamides is 1. The van der Waals surface area contributed by atoms with Crippen LogP contribution in [-0.2, 0) is 21.3 Å². The molecule has 1 aliphatic rings. The van der Waals surface area contributed by atoms with Crippen molar-refractivity contribution in [1.29, 1.82) is 0 Å². The first kappa shape index (κ1) is 15.8. The van der Waals surface area contributed by atoms with Crippen LogP contribution in [0.1, 0.15) is 18.4 Å². The van der Waals surface area contributed by atoms with Crippen LogP contribution in [0.4, 0.5) is 4.39 Å². The van der Waals surface area contributed by atoms with E-state index in [0.29, 0.717) is 30.5 Å². The summed E-state index contributed by atoms with van der Waals surface area (Å²) in [5, 5.41) is 0. The molecular formula is C12H16BrFN2O3S. The van der Waals surface area contributed by atoms with E-state index in [4.69, 9.17) is 10.5 Å². The Morgan fingerprint density at radius 3 is 2.65 bits per heavy atom. The van der Waals surface area contributed by atoms with Gasteiger partial charge in [0.2, 0.25) is 10.0 Å². The van der Waals surface area contributed by atoms with Crippen molar-refractivity contribution in [2.75, 3.05) is 13.2 Å². The third kappa shape index (κ3) is 3.56. The van der Waals surface area contributed by atoms with Crippen LogP contribution in [-0.4, -0.2) is 27.7 Å². The predicted molar refractivity (Wildman–Crippen MR) is 76.2 cm³/mol. The van der Waals surface area contributed by atoms with Gasteiger partial charge in [0.05, 0.1) is 0 Å². The number of rotatable bonds is 4. The lowest BCUT2D eigenvalue weighted by Crippen LogP contribution is -2.39. The van der Waals surface area contributed by atoms with Crippen LogP contribution in [0.3, 0.4) is 0 Å². The summed E-state index contributed by atoms with van der Waals surface area (Å²) < 4.78 is 46.9. The summed E-state index contributed by atoms with van der Waals surface area (Å²) in [7, 11) is -3.91. The maximum absolute atomic E-state index is 14.2. The Bertz CT molecular complexity index is 589. The fourth-order valence-corrected chi connectivity index (χ4v) is 4.17. The summed E-state index contributed by atoms with van der Waals surface area (Å²) in [6, 6.07) is 2.49. The quantitative estimate of drug-likeness (QED) is 0.845. The van der Waals surface area contributed by atoms with E-state index in [1.165, 1.54) is 12.1 Å². The molecule has 0 spiro atoms. The Balaban J connectivity index is 2.31. The average Bonchev–Trinajstić information content (AvgIpc) is 2.41. The summed E-state index contributed by atoms with van der Waals surface area (Å²) in [6.45, 7) is 0.940. The van der Waals surface area contributed by atoms with Crippen molar-refractivity contribution in [3.63, 3.8) is 0 Å². The van der Waals surface area contributed by atoms with E-state index in [-0.39, 0.29) is 23.0 Å². The third-order valence-electron chi connectivity index (χ3n) is 3.13. The highest BCUT2D eigenvalue weighted by atomic mass is 79.9. The number of ether oxygens (including phenoxy) is 1. The Morgan fingerprint density at radius 1 is 1.40 bits per heavy atom. The zero-order chi connectivity index (χ0) is 14.8. The number of halogens is 2. The molecule has 5 nitrogen and oxygen atoms in total. The fourth-order valence-electron chi connectivity index (χ4n) is 2.06. The Morgan fingerprint density at radius 2 is 2.05 bits per heavy atom. The van der Waals surface area contributed by atoms with Crippen molar-refractivity contribution in [2.24, 2.45) is 5.73 Å². The highest BCUT2D eigenvalue weighted by molar-refractivity contribution is 9.10. The highest BCUT2D eigenvalue weighted by Crippen LogP contribution is 2.24. The van der Waals surface area contributed by atoms with Gasteiger partial charge < -0.3 is 10.5 Å². The van der Waals surface area contributed by atoms with E-state index in [1.807, 2.05) is 0 Å². The molecule has 1 saturated heterocycles. The summed E-state index contributed by atoms with van der Waals surface area (Å²) in [5.74, 6) is -0.796. The molecule has 1 aromatic rings. The smallest absolute Gasteiger partial charge is 0.243 e. The second kappa shape index (κ2) is 6.48. The van der Waals surface area contributed by atoms with Crippen LogP contribution >= 0.6 is 15.9 Å². The van der Waals surface area contributed by atoms with Crippen LogP contribution in [0.2, 0.25) is 0 Å². The van der Waals surface area contributed by atoms with Crippen molar-refractivity contribution in [3.8, 4) is 0 Å². The number of hydrogen-bond donors (Lipinski definition) is 2. The standard InChI is InChI=1S/C12H16BrFN2O3S/c13-9-5-8(7-15)12(14)11(6-9)20(17,18)16-10-1-3-19-4-2-10/h5-6,10,16H,1-4,7,15H2. The zero-order valence-electron chi connectivity index (χ0n) is 10.7. The van der Waals surface area contributed by atoms with E-state index < -0.39 is 15.8 Å². The zero-order valence-corrected chi connectivity index (χ0v) is 13.1. The van der Waals surface area contributed by atoms with E-state index in [0.717, 1.165) is 0 Å². The summed E-state index contributed by atoms with van der Waals surface area (Å²) in [4.78, 5) is -0.376. The maximum Gasteiger partial charge on any atom is 0.243 e. The molecule has 1 fully saturated rings. The van der Waals surface area contributed by atoms with Gasteiger partial charge in [0.15, 0.2) is 0 Å². The van der Waals surface area contributed by atoms with Gasteiger partial charge in [-0.2, -0.15) is 0 Å². The first-order valence-corrected chi connectivity index (χ1v) is 8.49. The van der Waals surface area contributed by atoms with Gasteiger partial charge in [-0.25, -0.2) is 17.5 Å². The monoisotopic (exact) mass is 366 g/mol. The topological polar surface area (TPSA) is 81.4 Å². The van der Waals surface area contributed by atoms with Gasteiger partial charge in [-0.15, -0.1) is 0 Å². The van der Waals surface area contributed by atoms with Gasteiger partial charge in [-0.3, -0.25) is 0 Å². The summed E-state index contributed by atoms with van der Waals surface area (Å²) >= 11 is 3.17. The number of nitrogens with one attached hydrogen (secondary N) is 1. The van der Waals surface area contributed by atoms with E-state index in [2.05, 4.69) is 20.7 Å². The molecule has 0 saturated carbocycles. The average molecular weight is 367 g/mol. The van der Waals surface area contributed by atoms with E-state index in [1.54, 1.807) is 0 Å². The van der Waals surface area contributed by atoms with Crippen molar-refractivity contribution >= 4 is 26.0 Å². The van der Waals surface area contributed by atoms with Gasteiger partial charge in [0.1, 0.15) is 10.7 Å². The van der Waals surface area contributed by atoms with E-state index in [9.17, 15) is 12.8 Å². The summed E-state index contributed by atoms with van der Waals surface area (Å²) in [5.41, 5.74) is 5.58. The van der Waals surface area contributed by atoms with Gasteiger partial charge >= 0.3 is 0 Å². The minimum atomic E-state index is -3.91. The maximum atomic E-state index is 14.2. The van der Waals surface area contributed by atoms with E-state index >= 15 is 0 Å². The lowest BCUT2D eigenvalue weighted by molar-refractivity contribution is 0.0832. The van der Waals surface area contributed by atoms with Crippen LogP contribution in [0, 0.1) is 5.82 Å². The molecule has 0 aromatic heterocycles. The predicted octanol–water partition coefficient (Wildman–Crippen LogP) is 1.50. The molecule has 2 rings (SSSR count). The van der Waals surface area contributed by atoms with Gasteiger partial charge in [-0.05, 0) is 25.0 Å². The van der Waals surface area contributed by atoms with Crippen LogP contribution in [0.5, 0.6) is 0 Å². The minimum Gasteiger partial charge on any atom is -0.381 e. The fraction of sp³-hybridized carbons (Fsp3) is 0.500. The molecule has 112 valence electrons. The molecule has 1 aliphatic heterocycles. The second-order valence-corrected chi connectivity index (χ2v) is 7.19. The number of nitrogens with two attached hydrogens (primary N) is 1. The molecule has 1 heterocycles. The molecular weight excluding hydrogens is 351 g/mol. The van der Waals surface area contributed by atoms with Crippen LogP contribution in [0.15, 0.2) is 21.5 Å². The van der Waals surface area contributed by atoms with Crippen LogP contribution in [0.25, 0.3) is 0 Å². The first-order valence-electron chi connectivity index (χ1n) is 6.22. The van der Waals surface area contributed by atoms with Crippen molar-refractivity contribution in [3.05, 3.63) is 28.0 Å². The molecule has 1 aromatic carbocycles. The lowest BCUT2D eigenvalue weighted by atomic mass is 10.1. The van der Waals surface area contributed by atoms with Gasteiger partial charge in [-0.1, -0.05) is 15.9 Å². The van der Waals surface area contributed by atoms with Gasteiger partial charge in [0.25, 0.3) is 0 Å². The molecule has 0 amide bonds. The highest BCUT2D eigenvalue weighted by Gasteiger charge is 2.26. The SMILES string of the molecule is NCc1cc(Br)cc(S(=O)(=O)NC2CCOCC2)c1F. The molecule has 3 N–H and O–H groups in total. The summed E-state index contributed by atoms with van der Waals surface area (Å²) in [6.07, 6.45) is 1.16. The molecule has 0 aliphatic carbocycles. The largest absolute Gasteiger partial charge is 0.381 e. The minimum absolute atomic E-state index is 0.0644. The van der Waals surface area contributed by atoms with Crippen molar-refractivity contribution in [1.82, 2.24) is 4.72 Å². The Hall–Kier alpha value is -0.540. The van der Waals surface area contributed by atoms with Crippen molar-refractivity contribution in [2.45, 2.75) is 30.3 Å². The molecule has 8 heteroatoms. The Kier molecular flexibility index (Phi) is 5.14. The molecule has 20 heavy (non-hydrogen) atoms. The van der Waals surface area contributed by atoms with Crippen LogP contribution < -0.4 is 10.5 Å². The third-order valence-corrected chi connectivity index (χ3v) is 5.11. The molecule has 0 atom stereocenters. The second-order valence-electron chi connectivity index (χ2n) is 4.59. The first-order chi connectivity index (χ1) is 9.44. The number of benzene rings is 1. The van der Waals surface area contributed by atoms with Crippen molar-refractivity contribution < 1.29 is 17.5 Å². The number of hydrogen-bond acceptors (Lipinski definition) is 4. The molecule has 0 bridgehead atoms. The molecule has 0 radical (unpaired) electrons.